The van der Waals surface area contributed by atoms with Gasteiger partial charge >= 0.3 is 0 Å². The van der Waals surface area contributed by atoms with Crippen LogP contribution in [0.15, 0.2) is 63.1 Å². The van der Waals surface area contributed by atoms with Gasteiger partial charge in [0.2, 0.25) is 15.7 Å². The highest BCUT2D eigenvalue weighted by atomic mass is 35.5. The number of hydrogen-bond donors (Lipinski definition) is 1. The summed E-state index contributed by atoms with van der Waals surface area (Å²) in [5.74, 6) is -0.460. The van der Waals surface area contributed by atoms with Crippen LogP contribution in [0.25, 0.3) is 0 Å². The molecule has 0 aliphatic carbocycles. The van der Waals surface area contributed by atoms with Crippen molar-refractivity contribution in [2.24, 2.45) is 0 Å². The maximum absolute atomic E-state index is 13.2. The quantitative estimate of drug-likeness (QED) is 0.620. The molecule has 162 valence electrons. The van der Waals surface area contributed by atoms with Crippen LogP contribution in [-0.2, 0) is 21.2 Å². The van der Waals surface area contributed by atoms with Gasteiger partial charge in [-0.1, -0.05) is 35.4 Å². The maximum atomic E-state index is 13.2. The van der Waals surface area contributed by atoms with Crippen molar-refractivity contribution in [1.29, 1.82) is 0 Å². The Labute approximate surface area is 186 Å². The average molecular weight is 459 g/mol. The lowest BCUT2D eigenvalue weighted by Gasteiger charge is -2.16. The maximum Gasteiger partial charge on any atom is 0.270 e. The van der Waals surface area contributed by atoms with Crippen LogP contribution in [0.4, 0.5) is 5.69 Å². The topological polar surface area (TPSA) is 85.2 Å². The number of anilines is 1. The van der Waals surface area contributed by atoms with Gasteiger partial charge < -0.3 is 9.88 Å². The van der Waals surface area contributed by atoms with Crippen molar-refractivity contribution in [2.75, 3.05) is 5.32 Å². The lowest BCUT2D eigenvalue weighted by Crippen LogP contribution is -2.33. The van der Waals surface area contributed by atoms with E-state index in [9.17, 15) is 18.0 Å². The monoisotopic (exact) mass is 458 g/mol. The number of nitrogens with zero attached hydrogens (tertiary/aromatic N) is 1. The summed E-state index contributed by atoms with van der Waals surface area (Å²) in [6, 6.07) is 13.0. The molecule has 0 spiro atoms. The Balaban J connectivity index is 2.01. The van der Waals surface area contributed by atoms with Crippen LogP contribution in [0.1, 0.15) is 22.4 Å². The minimum atomic E-state index is -4.05. The van der Waals surface area contributed by atoms with Crippen LogP contribution in [0.5, 0.6) is 0 Å². The number of nitrogens with one attached hydrogen (secondary N) is 1. The lowest BCUT2D eigenvalue weighted by atomic mass is 10.2. The molecule has 0 aliphatic rings. The van der Waals surface area contributed by atoms with E-state index in [1.165, 1.54) is 16.7 Å². The zero-order valence-electron chi connectivity index (χ0n) is 17.7. The van der Waals surface area contributed by atoms with Crippen LogP contribution >= 0.6 is 11.6 Å². The number of carbonyl (C=O) groups excluding carboxylic acids is 1. The molecule has 0 radical (unpaired) electrons. The molecule has 8 heteroatoms. The average Bonchev–Trinajstić information content (AvgIpc) is 2.68. The summed E-state index contributed by atoms with van der Waals surface area (Å²) in [6.45, 7) is 6.53. The normalized spacial score (nSPS) is 11.4. The Morgan fingerprint density at radius 1 is 1.03 bits per heavy atom. The second kappa shape index (κ2) is 8.69. The number of aromatic nitrogens is 1. The highest BCUT2D eigenvalue weighted by molar-refractivity contribution is 7.91. The van der Waals surface area contributed by atoms with Crippen LogP contribution in [0.3, 0.4) is 0 Å². The Morgan fingerprint density at radius 3 is 2.32 bits per heavy atom. The Bertz CT molecular complexity index is 1330. The standard InChI is InChI=1S/C23H23ClN2O4S/c1-14-8-10-18(11-9-14)31(29,30)22-15(2)12-16(3)26(23(22)28)13-21(27)25-20-7-5-6-19(24)17(20)4/h5-12H,13H2,1-4H3,(H,25,27). The fourth-order valence-corrected chi connectivity index (χ4v) is 5.07. The summed E-state index contributed by atoms with van der Waals surface area (Å²) in [5, 5.41) is 3.24. The molecule has 0 unspecified atom stereocenters. The van der Waals surface area contributed by atoms with Gasteiger partial charge in [0.15, 0.2) is 0 Å². The molecule has 1 heterocycles. The van der Waals surface area contributed by atoms with E-state index in [4.69, 9.17) is 11.6 Å². The summed E-state index contributed by atoms with van der Waals surface area (Å²) >= 11 is 6.09. The molecule has 0 aliphatic heterocycles. The van der Waals surface area contributed by atoms with Gasteiger partial charge in [-0.05, 0) is 69.2 Å². The molecule has 1 aromatic heterocycles. The van der Waals surface area contributed by atoms with Crippen LogP contribution in [0.2, 0.25) is 5.02 Å². The van der Waals surface area contributed by atoms with Gasteiger partial charge in [-0.3, -0.25) is 9.59 Å². The Hall–Kier alpha value is -2.90. The molecule has 6 nitrogen and oxygen atoms in total. The molecular formula is C23H23ClN2O4S. The first-order valence-electron chi connectivity index (χ1n) is 9.60. The predicted octanol–water partition coefficient (Wildman–Crippen LogP) is 4.21. The fourth-order valence-electron chi connectivity index (χ4n) is 3.34. The third-order valence-corrected chi connectivity index (χ3v) is 7.43. The lowest BCUT2D eigenvalue weighted by molar-refractivity contribution is -0.116. The molecule has 3 rings (SSSR count). The molecule has 3 aromatic rings. The fraction of sp³-hybridized carbons (Fsp3) is 0.217. The molecule has 1 N–H and O–H groups in total. The first kappa shape index (κ1) is 22.8. The minimum absolute atomic E-state index is 0.0349. The van der Waals surface area contributed by atoms with Crippen LogP contribution in [-0.4, -0.2) is 18.9 Å². The van der Waals surface area contributed by atoms with Crippen molar-refractivity contribution in [1.82, 2.24) is 4.57 Å². The van der Waals surface area contributed by atoms with Crippen molar-refractivity contribution < 1.29 is 13.2 Å². The smallest absolute Gasteiger partial charge is 0.270 e. The van der Waals surface area contributed by atoms with Crippen molar-refractivity contribution in [3.05, 3.63) is 86.3 Å². The summed E-state index contributed by atoms with van der Waals surface area (Å²) < 4.78 is 27.5. The van der Waals surface area contributed by atoms with Gasteiger partial charge in [-0.25, -0.2) is 8.42 Å². The van der Waals surface area contributed by atoms with E-state index in [2.05, 4.69) is 5.32 Å². The van der Waals surface area contributed by atoms with E-state index < -0.39 is 21.3 Å². The number of hydrogen-bond acceptors (Lipinski definition) is 4. The van der Waals surface area contributed by atoms with E-state index >= 15 is 0 Å². The van der Waals surface area contributed by atoms with Crippen molar-refractivity contribution in [2.45, 2.75) is 44.0 Å². The van der Waals surface area contributed by atoms with Crippen molar-refractivity contribution in [3.63, 3.8) is 0 Å². The summed E-state index contributed by atoms with van der Waals surface area (Å²) in [6.07, 6.45) is 0. The van der Waals surface area contributed by atoms with Gasteiger partial charge in [-0.15, -0.1) is 0 Å². The molecule has 1 amide bonds. The predicted molar refractivity (Wildman–Crippen MR) is 122 cm³/mol. The number of halogens is 1. The molecule has 0 saturated heterocycles. The van der Waals surface area contributed by atoms with Crippen LogP contribution in [0, 0.1) is 27.7 Å². The molecule has 0 fully saturated rings. The second-order valence-electron chi connectivity index (χ2n) is 7.47. The summed E-state index contributed by atoms with van der Waals surface area (Å²) in [4.78, 5) is 25.5. The summed E-state index contributed by atoms with van der Waals surface area (Å²) in [7, 11) is -4.05. The second-order valence-corrected chi connectivity index (χ2v) is 9.76. The number of carbonyl (C=O) groups is 1. The minimum Gasteiger partial charge on any atom is -0.324 e. The van der Waals surface area contributed by atoms with Gasteiger partial charge in [0, 0.05) is 16.4 Å². The number of aryl methyl sites for hydroxylation is 3. The Morgan fingerprint density at radius 2 is 1.68 bits per heavy atom. The van der Waals surface area contributed by atoms with Gasteiger partial charge in [0.25, 0.3) is 5.56 Å². The number of benzene rings is 2. The highest BCUT2D eigenvalue weighted by Crippen LogP contribution is 2.24. The number of rotatable bonds is 5. The molecule has 0 saturated carbocycles. The van der Waals surface area contributed by atoms with Gasteiger partial charge in [0.05, 0.1) is 4.90 Å². The van der Waals surface area contributed by atoms with E-state index in [1.807, 2.05) is 6.92 Å². The SMILES string of the molecule is Cc1ccc(S(=O)(=O)c2c(C)cc(C)n(CC(=O)Nc3cccc(Cl)c3C)c2=O)cc1. The molecular weight excluding hydrogens is 436 g/mol. The largest absolute Gasteiger partial charge is 0.324 e. The third kappa shape index (κ3) is 4.57. The van der Waals surface area contributed by atoms with Crippen molar-refractivity contribution >= 4 is 33.0 Å². The van der Waals surface area contributed by atoms with Crippen LogP contribution < -0.4 is 10.9 Å². The zero-order chi connectivity index (χ0) is 22.9. The van der Waals surface area contributed by atoms with E-state index in [-0.39, 0.29) is 16.3 Å². The summed E-state index contributed by atoms with van der Waals surface area (Å²) in [5.41, 5.74) is 2.24. The first-order chi connectivity index (χ1) is 14.5. The highest BCUT2D eigenvalue weighted by Gasteiger charge is 2.26. The van der Waals surface area contributed by atoms with E-state index in [0.717, 1.165) is 5.56 Å². The molecule has 2 aromatic carbocycles. The Kier molecular flexibility index (Phi) is 6.38. The van der Waals surface area contributed by atoms with Gasteiger partial charge in [-0.2, -0.15) is 0 Å². The third-order valence-electron chi connectivity index (χ3n) is 5.09. The van der Waals surface area contributed by atoms with Crippen molar-refractivity contribution in [3.8, 4) is 0 Å². The molecule has 0 atom stereocenters. The molecule has 31 heavy (non-hydrogen) atoms. The number of sulfone groups is 1. The number of pyridine rings is 1. The van der Waals surface area contributed by atoms with E-state index in [0.29, 0.717) is 27.5 Å². The number of amides is 1. The van der Waals surface area contributed by atoms with Gasteiger partial charge in [0.1, 0.15) is 11.4 Å². The molecule has 0 bridgehead atoms. The zero-order valence-corrected chi connectivity index (χ0v) is 19.3. The first-order valence-corrected chi connectivity index (χ1v) is 11.5. The van der Waals surface area contributed by atoms with E-state index in [1.54, 1.807) is 57.2 Å².